The van der Waals surface area contributed by atoms with Crippen LogP contribution in [0.5, 0.6) is 0 Å². The Hall–Kier alpha value is -4.73. The van der Waals surface area contributed by atoms with Crippen LogP contribution in [-0.4, -0.2) is 13.1 Å². The Balaban J connectivity index is 1.25. The average molecular weight is 546 g/mol. The van der Waals surface area contributed by atoms with Gasteiger partial charge in [-0.05, 0) is 68.4 Å². The molecule has 0 aliphatic carbocycles. The van der Waals surface area contributed by atoms with E-state index in [0.717, 1.165) is 22.0 Å². The maximum atomic E-state index is 6.14. The molecule has 0 unspecified atom stereocenters. The highest BCUT2D eigenvalue weighted by Crippen LogP contribution is 2.37. The van der Waals surface area contributed by atoms with Gasteiger partial charge in [0.15, 0.2) is 5.58 Å². The van der Waals surface area contributed by atoms with Gasteiger partial charge in [0.2, 0.25) is 5.89 Å². The van der Waals surface area contributed by atoms with Crippen LogP contribution in [-0.2, 0) is 0 Å². The van der Waals surface area contributed by atoms with E-state index in [1.54, 1.807) is 0 Å². The van der Waals surface area contributed by atoms with Crippen LogP contribution in [0.3, 0.4) is 0 Å². The predicted molar refractivity (Wildman–Crippen MR) is 176 cm³/mol. The molecule has 0 bridgehead atoms. The number of hydrogen-bond acceptors (Lipinski definition) is 2. The van der Waals surface area contributed by atoms with Gasteiger partial charge in [0.05, 0.1) is 8.07 Å². The molecule has 2 nitrogen and oxygen atoms in total. The van der Waals surface area contributed by atoms with E-state index in [1.165, 1.54) is 44.0 Å². The van der Waals surface area contributed by atoms with Crippen LogP contribution in [0.1, 0.15) is 0 Å². The molecule has 6 aromatic carbocycles. The van der Waals surface area contributed by atoms with E-state index in [2.05, 4.69) is 129 Å². The summed E-state index contributed by atoms with van der Waals surface area (Å²) >= 11 is 0. The largest absolute Gasteiger partial charge is 0.436 e. The minimum atomic E-state index is -1.36. The molecule has 0 atom stereocenters. The summed E-state index contributed by atoms with van der Waals surface area (Å²) in [6.45, 7) is 7.19. The fraction of sp³-hybridized carbons (Fsp3) is 0.0789. The molecule has 0 aliphatic rings. The minimum absolute atomic E-state index is 0.651. The van der Waals surface area contributed by atoms with E-state index in [-0.39, 0.29) is 0 Å². The maximum absolute atomic E-state index is 6.14. The van der Waals surface area contributed by atoms with E-state index in [1.807, 2.05) is 24.3 Å². The van der Waals surface area contributed by atoms with Crippen LogP contribution in [0.15, 0.2) is 138 Å². The molecule has 0 amide bonds. The molecule has 198 valence electrons. The Morgan fingerprint density at radius 3 is 1.78 bits per heavy atom. The van der Waals surface area contributed by atoms with Crippen molar-refractivity contribution in [3.05, 3.63) is 133 Å². The molecule has 1 heterocycles. The molecular formula is C38H31NOSi. The Morgan fingerprint density at radius 1 is 0.488 bits per heavy atom. The summed E-state index contributed by atoms with van der Waals surface area (Å²) < 4.78 is 6.14. The van der Waals surface area contributed by atoms with Gasteiger partial charge in [0, 0.05) is 5.56 Å². The average Bonchev–Trinajstić information content (AvgIpc) is 3.44. The smallest absolute Gasteiger partial charge is 0.227 e. The molecular weight excluding hydrogens is 515 g/mol. The van der Waals surface area contributed by atoms with Crippen molar-refractivity contribution in [2.24, 2.45) is 0 Å². The number of benzene rings is 6. The van der Waals surface area contributed by atoms with Crippen LogP contribution in [0.25, 0.3) is 66.7 Å². The van der Waals surface area contributed by atoms with Gasteiger partial charge >= 0.3 is 0 Å². The first-order chi connectivity index (χ1) is 19.9. The van der Waals surface area contributed by atoms with Crippen molar-refractivity contribution in [2.75, 3.05) is 0 Å². The molecule has 3 heteroatoms. The normalized spacial score (nSPS) is 11.8. The van der Waals surface area contributed by atoms with E-state index in [9.17, 15) is 0 Å². The highest BCUT2D eigenvalue weighted by Gasteiger charge is 2.17. The summed E-state index contributed by atoms with van der Waals surface area (Å²) in [6, 6.07) is 47.6. The Kier molecular flexibility index (Phi) is 6.17. The SMILES string of the molecule is C[Si](C)(C)c1cccc(-c2ccc(-c3cccc(-c4ccc(-c5nc6ccccc6o5)c5ccccc45)c3)cc2)c1. The molecule has 7 rings (SSSR count). The molecule has 0 N–H and O–H groups in total. The minimum Gasteiger partial charge on any atom is -0.436 e. The zero-order chi connectivity index (χ0) is 28.0. The second kappa shape index (κ2) is 10.0. The fourth-order valence-corrected chi connectivity index (χ4v) is 6.80. The van der Waals surface area contributed by atoms with Crippen LogP contribution in [0.2, 0.25) is 19.6 Å². The van der Waals surface area contributed by atoms with Crippen molar-refractivity contribution in [3.8, 4) is 44.8 Å². The second-order valence-corrected chi connectivity index (χ2v) is 16.8. The monoisotopic (exact) mass is 545 g/mol. The number of para-hydroxylation sites is 2. The number of fused-ring (bicyclic) bond motifs is 2. The highest BCUT2D eigenvalue weighted by atomic mass is 28.3. The fourth-order valence-electron chi connectivity index (χ4n) is 5.61. The molecule has 0 radical (unpaired) electrons. The summed E-state index contributed by atoms with van der Waals surface area (Å²) in [7, 11) is -1.36. The maximum Gasteiger partial charge on any atom is 0.227 e. The summed E-state index contributed by atoms with van der Waals surface area (Å²) in [4.78, 5) is 4.77. The third-order valence-corrected chi connectivity index (χ3v) is 9.95. The van der Waals surface area contributed by atoms with Crippen LogP contribution in [0.4, 0.5) is 0 Å². The standard InChI is InChI=1S/C38H31NOSi/c1-41(2,3)31-13-9-11-29(25-31)27-20-18-26(19-21-27)28-10-8-12-30(24-28)32-22-23-35(34-15-5-4-14-33(32)34)38-39-36-16-6-7-17-37(36)40-38/h4-25H,1-3H3. The first-order valence-corrected chi connectivity index (χ1v) is 17.6. The predicted octanol–water partition coefficient (Wildman–Crippen LogP) is 10.2. The quantitative estimate of drug-likeness (QED) is 0.201. The molecule has 0 fully saturated rings. The number of rotatable bonds is 5. The van der Waals surface area contributed by atoms with Gasteiger partial charge in [-0.25, -0.2) is 4.98 Å². The molecule has 0 aliphatic heterocycles. The van der Waals surface area contributed by atoms with Crippen LogP contribution >= 0.6 is 0 Å². The molecule has 41 heavy (non-hydrogen) atoms. The number of hydrogen-bond donors (Lipinski definition) is 0. The van der Waals surface area contributed by atoms with Crippen molar-refractivity contribution in [3.63, 3.8) is 0 Å². The molecule has 0 saturated heterocycles. The Labute approximate surface area is 242 Å². The molecule has 1 aromatic heterocycles. The zero-order valence-corrected chi connectivity index (χ0v) is 24.6. The lowest BCUT2D eigenvalue weighted by molar-refractivity contribution is 0.620. The number of nitrogens with zero attached hydrogens (tertiary/aromatic N) is 1. The summed E-state index contributed by atoms with van der Waals surface area (Å²) in [5, 5.41) is 3.80. The lowest BCUT2D eigenvalue weighted by atomic mass is 9.92. The topological polar surface area (TPSA) is 26.0 Å². The van der Waals surface area contributed by atoms with Gasteiger partial charge in [0.25, 0.3) is 0 Å². The molecule has 0 saturated carbocycles. The number of oxazole rings is 1. The zero-order valence-electron chi connectivity index (χ0n) is 23.6. The summed E-state index contributed by atoms with van der Waals surface area (Å²) in [5.74, 6) is 0.651. The van der Waals surface area contributed by atoms with Crippen molar-refractivity contribution < 1.29 is 4.42 Å². The van der Waals surface area contributed by atoms with Gasteiger partial charge in [-0.15, -0.1) is 0 Å². The lowest BCUT2D eigenvalue weighted by Crippen LogP contribution is -2.37. The first kappa shape index (κ1) is 25.2. The van der Waals surface area contributed by atoms with Gasteiger partial charge in [0.1, 0.15) is 5.52 Å². The summed E-state index contributed by atoms with van der Waals surface area (Å²) in [5.41, 5.74) is 10.0. The van der Waals surface area contributed by atoms with Gasteiger partial charge < -0.3 is 4.42 Å². The Morgan fingerprint density at radius 2 is 1.07 bits per heavy atom. The third kappa shape index (κ3) is 4.79. The lowest BCUT2D eigenvalue weighted by Gasteiger charge is -2.17. The van der Waals surface area contributed by atoms with Crippen molar-refractivity contribution >= 4 is 35.1 Å². The van der Waals surface area contributed by atoms with E-state index in [0.29, 0.717) is 5.89 Å². The van der Waals surface area contributed by atoms with Gasteiger partial charge in [-0.2, -0.15) is 0 Å². The first-order valence-electron chi connectivity index (χ1n) is 14.1. The van der Waals surface area contributed by atoms with E-state index in [4.69, 9.17) is 9.40 Å². The summed E-state index contributed by atoms with van der Waals surface area (Å²) in [6.07, 6.45) is 0. The van der Waals surface area contributed by atoms with Crippen molar-refractivity contribution in [1.82, 2.24) is 4.98 Å². The third-order valence-electron chi connectivity index (χ3n) is 7.90. The van der Waals surface area contributed by atoms with Crippen LogP contribution in [0, 0.1) is 0 Å². The van der Waals surface area contributed by atoms with Crippen LogP contribution < -0.4 is 5.19 Å². The highest BCUT2D eigenvalue weighted by molar-refractivity contribution is 6.88. The van der Waals surface area contributed by atoms with Crippen molar-refractivity contribution in [2.45, 2.75) is 19.6 Å². The van der Waals surface area contributed by atoms with Gasteiger partial charge in [-0.3, -0.25) is 0 Å². The number of aromatic nitrogens is 1. The van der Waals surface area contributed by atoms with E-state index >= 15 is 0 Å². The molecule has 0 spiro atoms. The van der Waals surface area contributed by atoms with E-state index < -0.39 is 8.07 Å². The Bertz CT molecular complexity index is 2000. The van der Waals surface area contributed by atoms with Gasteiger partial charge in [-0.1, -0.05) is 134 Å². The van der Waals surface area contributed by atoms with Crippen molar-refractivity contribution in [1.29, 1.82) is 0 Å². The second-order valence-electron chi connectivity index (χ2n) is 11.7. The molecule has 7 aromatic rings.